The molecule has 0 spiro atoms. The maximum Gasteiger partial charge on any atom is 0.0823 e. The van der Waals surface area contributed by atoms with E-state index in [2.05, 4.69) is 47.5 Å². The van der Waals surface area contributed by atoms with E-state index < -0.39 is 0 Å². The third-order valence-electron chi connectivity index (χ3n) is 6.05. The number of aliphatic hydroxyl groups excluding tert-OH is 1. The quantitative estimate of drug-likeness (QED) is 0.806. The molecule has 1 heterocycles. The first-order valence-electron chi connectivity index (χ1n) is 9.94. The zero-order valence-corrected chi connectivity index (χ0v) is 15.2. The highest BCUT2D eigenvalue weighted by atomic mass is 16.3. The SMILES string of the molecule is CCN[C@@H](Cc1ccccc1)[C@H](O)CN1CC[C@@H]2CCCC[C@@H]2C1. The van der Waals surface area contributed by atoms with Crippen LogP contribution in [0.1, 0.15) is 44.6 Å². The average Bonchev–Trinajstić information content (AvgIpc) is 2.62. The molecule has 2 aliphatic rings. The van der Waals surface area contributed by atoms with E-state index in [1.54, 1.807) is 0 Å². The first kappa shape index (κ1) is 17.9. The zero-order valence-electron chi connectivity index (χ0n) is 15.2. The largest absolute Gasteiger partial charge is 0.390 e. The molecule has 24 heavy (non-hydrogen) atoms. The van der Waals surface area contributed by atoms with Gasteiger partial charge in [0.15, 0.2) is 0 Å². The molecule has 2 fully saturated rings. The molecule has 0 amide bonds. The van der Waals surface area contributed by atoms with Crippen LogP contribution in [0, 0.1) is 11.8 Å². The molecule has 4 atom stereocenters. The molecule has 0 aromatic heterocycles. The maximum absolute atomic E-state index is 10.8. The van der Waals surface area contributed by atoms with Gasteiger partial charge < -0.3 is 15.3 Å². The van der Waals surface area contributed by atoms with Gasteiger partial charge >= 0.3 is 0 Å². The van der Waals surface area contributed by atoms with Crippen molar-refractivity contribution in [2.45, 2.75) is 57.6 Å². The molecule has 0 radical (unpaired) electrons. The van der Waals surface area contributed by atoms with Gasteiger partial charge in [-0.3, -0.25) is 0 Å². The Morgan fingerprint density at radius 1 is 1.12 bits per heavy atom. The molecule has 1 aromatic carbocycles. The van der Waals surface area contributed by atoms with Crippen molar-refractivity contribution in [2.75, 3.05) is 26.2 Å². The van der Waals surface area contributed by atoms with Gasteiger partial charge in [-0.15, -0.1) is 0 Å². The number of likely N-dealkylation sites (tertiary alicyclic amines) is 1. The topological polar surface area (TPSA) is 35.5 Å². The van der Waals surface area contributed by atoms with Crippen LogP contribution in [0.5, 0.6) is 0 Å². The van der Waals surface area contributed by atoms with Crippen molar-refractivity contribution in [2.24, 2.45) is 11.8 Å². The number of β-amino-alcohol motifs (C(OH)–C–C–N with tert-alkyl or cyclic N) is 1. The number of nitrogens with zero attached hydrogens (tertiary/aromatic N) is 1. The lowest BCUT2D eigenvalue weighted by Gasteiger charge is -2.42. The molecular weight excluding hydrogens is 296 g/mol. The van der Waals surface area contributed by atoms with Crippen molar-refractivity contribution in [1.29, 1.82) is 0 Å². The van der Waals surface area contributed by atoms with Crippen LogP contribution in [-0.4, -0.2) is 48.3 Å². The number of aliphatic hydroxyl groups is 1. The van der Waals surface area contributed by atoms with Gasteiger partial charge in [-0.25, -0.2) is 0 Å². The highest BCUT2D eigenvalue weighted by Crippen LogP contribution is 2.36. The predicted molar refractivity (Wildman–Crippen MR) is 100 cm³/mol. The molecule has 1 saturated heterocycles. The van der Waals surface area contributed by atoms with E-state index in [1.807, 2.05) is 0 Å². The summed E-state index contributed by atoms with van der Waals surface area (Å²) in [6, 6.07) is 10.7. The Hall–Kier alpha value is -0.900. The summed E-state index contributed by atoms with van der Waals surface area (Å²) in [5.74, 6) is 1.84. The summed E-state index contributed by atoms with van der Waals surface area (Å²) in [6.07, 6.45) is 7.62. The Bertz CT molecular complexity index is 478. The molecule has 3 heteroatoms. The van der Waals surface area contributed by atoms with Gasteiger partial charge in [0.05, 0.1) is 6.10 Å². The minimum atomic E-state index is -0.301. The Kier molecular flexibility index (Phi) is 6.70. The Labute approximate surface area is 147 Å². The van der Waals surface area contributed by atoms with E-state index in [0.29, 0.717) is 0 Å². The number of rotatable bonds is 7. The summed E-state index contributed by atoms with van der Waals surface area (Å²) in [6.45, 7) is 6.21. The number of piperidine rings is 1. The molecule has 0 bridgehead atoms. The predicted octanol–water partition coefficient (Wildman–Crippen LogP) is 3.08. The van der Waals surface area contributed by atoms with Crippen molar-refractivity contribution in [3.05, 3.63) is 35.9 Å². The molecule has 2 N–H and O–H groups in total. The van der Waals surface area contributed by atoms with Crippen LogP contribution in [0.15, 0.2) is 30.3 Å². The van der Waals surface area contributed by atoms with E-state index in [4.69, 9.17) is 0 Å². The van der Waals surface area contributed by atoms with Crippen LogP contribution in [0.3, 0.4) is 0 Å². The number of nitrogens with one attached hydrogen (secondary N) is 1. The second-order valence-electron chi connectivity index (χ2n) is 7.77. The van der Waals surface area contributed by atoms with Crippen molar-refractivity contribution >= 4 is 0 Å². The van der Waals surface area contributed by atoms with Crippen molar-refractivity contribution in [3.63, 3.8) is 0 Å². The van der Waals surface area contributed by atoms with E-state index in [1.165, 1.54) is 50.8 Å². The first-order chi connectivity index (χ1) is 11.8. The molecule has 0 unspecified atom stereocenters. The van der Waals surface area contributed by atoms with Gasteiger partial charge in [-0.2, -0.15) is 0 Å². The van der Waals surface area contributed by atoms with Gasteiger partial charge in [-0.05, 0) is 49.8 Å². The third kappa shape index (κ3) is 4.81. The van der Waals surface area contributed by atoms with E-state index in [0.717, 1.165) is 31.3 Å². The van der Waals surface area contributed by atoms with Crippen LogP contribution in [0.2, 0.25) is 0 Å². The lowest BCUT2D eigenvalue weighted by atomic mass is 9.75. The number of benzene rings is 1. The first-order valence-corrected chi connectivity index (χ1v) is 9.94. The minimum absolute atomic E-state index is 0.140. The van der Waals surface area contributed by atoms with Crippen molar-refractivity contribution < 1.29 is 5.11 Å². The molecule has 1 aliphatic heterocycles. The molecule has 134 valence electrons. The zero-order chi connectivity index (χ0) is 16.8. The number of likely N-dealkylation sites (N-methyl/N-ethyl adjacent to an activating group) is 1. The average molecular weight is 331 g/mol. The van der Waals surface area contributed by atoms with Gasteiger partial charge in [0.2, 0.25) is 0 Å². The fourth-order valence-electron chi connectivity index (χ4n) is 4.71. The molecular formula is C21H34N2O. The van der Waals surface area contributed by atoms with Gasteiger partial charge in [0.25, 0.3) is 0 Å². The number of fused-ring (bicyclic) bond motifs is 1. The molecule has 1 aliphatic carbocycles. The third-order valence-corrected chi connectivity index (χ3v) is 6.05. The summed E-state index contributed by atoms with van der Waals surface area (Å²) in [5.41, 5.74) is 1.30. The normalized spacial score (nSPS) is 27.4. The van der Waals surface area contributed by atoms with Crippen molar-refractivity contribution in [1.82, 2.24) is 10.2 Å². The number of hydrogen-bond donors (Lipinski definition) is 2. The van der Waals surface area contributed by atoms with Crippen molar-refractivity contribution in [3.8, 4) is 0 Å². The van der Waals surface area contributed by atoms with E-state index >= 15 is 0 Å². The maximum atomic E-state index is 10.8. The minimum Gasteiger partial charge on any atom is -0.390 e. The smallest absolute Gasteiger partial charge is 0.0823 e. The van der Waals surface area contributed by atoms with E-state index in [9.17, 15) is 5.11 Å². The molecule has 1 aromatic rings. The summed E-state index contributed by atoms with van der Waals surface area (Å²) in [4.78, 5) is 2.52. The fraction of sp³-hybridized carbons (Fsp3) is 0.714. The summed E-state index contributed by atoms with van der Waals surface area (Å²) < 4.78 is 0. The molecule has 3 rings (SSSR count). The molecule has 3 nitrogen and oxygen atoms in total. The number of hydrogen-bond acceptors (Lipinski definition) is 3. The van der Waals surface area contributed by atoms with Crippen LogP contribution < -0.4 is 5.32 Å². The second kappa shape index (κ2) is 8.98. The molecule has 1 saturated carbocycles. The van der Waals surface area contributed by atoms with Gasteiger partial charge in [0.1, 0.15) is 0 Å². The Morgan fingerprint density at radius 2 is 1.88 bits per heavy atom. The van der Waals surface area contributed by atoms with Gasteiger partial charge in [0, 0.05) is 19.1 Å². The van der Waals surface area contributed by atoms with Crippen LogP contribution in [0.25, 0.3) is 0 Å². The monoisotopic (exact) mass is 330 g/mol. The summed E-state index contributed by atoms with van der Waals surface area (Å²) in [5, 5.41) is 14.3. The lowest BCUT2D eigenvalue weighted by Crippen LogP contribution is -2.50. The summed E-state index contributed by atoms with van der Waals surface area (Å²) >= 11 is 0. The highest BCUT2D eigenvalue weighted by Gasteiger charge is 2.32. The Morgan fingerprint density at radius 3 is 2.62 bits per heavy atom. The Balaban J connectivity index is 1.54. The standard InChI is InChI=1S/C21H34N2O/c1-2-22-20(14-17-8-4-3-5-9-17)21(24)16-23-13-12-18-10-6-7-11-19(18)15-23/h3-5,8-9,18-22,24H,2,6-7,10-16H2,1H3/t18-,19+,20-,21+/m0/s1. The fourth-order valence-corrected chi connectivity index (χ4v) is 4.71. The highest BCUT2D eigenvalue weighted by molar-refractivity contribution is 5.16. The van der Waals surface area contributed by atoms with Crippen LogP contribution >= 0.6 is 0 Å². The lowest BCUT2D eigenvalue weighted by molar-refractivity contribution is 0.0322. The van der Waals surface area contributed by atoms with Crippen LogP contribution in [-0.2, 0) is 6.42 Å². The van der Waals surface area contributed by atoms with Gasteiger partial charge in [-0.1, -0.05) is 56.5 Å². The second-order valence-corrected chi connectivity index (χ2v) is 7.77. The van der Waals surface area contributed by atoms with Crippen LogP contribution in [0.4, 0.5) is 0 Å². The summed E-state index contributed by atoms with van der Waals surface area (Å²) in [7, 11) is 0. The van der Waals surface area contributed by atoms with E-state index in [-0.39, 0.29) is 12.1 Å².